The summed E-state index contributed by atoms with van der Waals surface area (Å²) in [4.78, 5) is 39.4. The fraction of sp³-hybridized carbons (Fsp3) is 0.0833. The Labute approximate surface area is 120 Å². The molecule has 1 amide bonds. The highest BCUT2D eigenvalue weighted by Crippen LogP contribution is 2.16. The van der Waals surface area contributed by atoms with Gasteiger partial charge < -0.3 is 9.97 Å². The van der Waals surface area contributed by atoms with Gasteiger partial charge in [-0.15, -0.1) is 10.2 Å². The average Bonchev–Trinajstić information content (AvgIpc) is 2.85. The van der Waals surface area contributed by atoms with Gasteiger partial charge in [-0.3, -0.25) is 19.7 Å². The van der Waals surface area contributed by atoms with E-state index in [-0.39, 0.29) is 5.91 Å². The molecule has 0 saturated heterocycles. The third-order valence-electron chi connectivity index (χ3n) is 2.73. The molecule has 0 spiro atoms. The van der Waals surface area contributed by atoms with Crippen LogP contribution in [0.2, 0.25) is 0 Å². The molecule has 21 heavy (non-hydrogen) atoms. The minimum Gasteiger partial charge on any atom is -0.316 e. The molecule has 0 radical (unpaired) electrons. The van der Waals surface area contributed by atoms with E-state index in [1.54, 1.807) is 19.1 Å². The number of fused-ring (bicyclic) bond motifs is 1. The molecule has 1 aromatic carbocycles. The molecule has 8 nitrogen and oxygen atoms in total. The van der Waals surface area contributed by atoms with E-state index in [0.717, 1.165) is 5.01 Å². The summed E-state index contributed by atoms with van der Waals surface area (Å²) in [6, 6.07) is 4.57. The van der Waals surface area contributed by atoms with Crippen LogP contribution in [-0.4, -0.2) is 26.1 Å². The lowest BCUT2D eigenvalue weighted by Crippen LogP contribution is -2.29. The molecule has 3 aromatic rings. The number of H-pyrrole nitrogens is 2. The topological polar surface area (TPSA) is 121 Å². The molecule has 0 atom stereocenters. The summed E-state index contributed by atoms with van der Waals surface area (Å²) in [6.45, 7) is 1.78. The Bertz CT molecular complexity index is 955. The second-order valence-electron chi connectivity index (χ2n) is 4.25. The maximum atomic E-state index is 12.1. The Hall–Kier alpha value is -2.81. The molecular formula is C12H9N5O3S. The highest BCUT2D eigenvalue weighted by atomic mass is 32.1. The SMILES string of the molecule is Cc1nnc(NC(=O)c2ccc3[nH]c(=O)c(=O)[nH]c3c2)s1. The third kappa shape index (κ3) is 2.58. The van der Waals surface area contributed by atoms with Crippen LogP contribution in [-0.2, 0) is 0 Å². The van der Waals surface area contributed by atoms with Crippen LogP contribution in [0.4, 0.5) is 5.13 Å². The van der Waals surface area contributed by atoms with Crippen molar-refractivity contribution in [2.24, 2.45) is 0 Å². The maximum Gasteiger partial charge on any atom is 0.314 e. The van der Waals surface area contributed by atoms with Crippen LogP contribution in [0.25, 0.3) is 11.0 Å². The van der Waals surface area contributed by atoms with Gasteiger partial charge in [0.15, 0.2) is 0 Å². The zero-order valence-electron chi connectivity index (χ0n) is 10.8. The Morgan fingerprint density at radius 1 is 1.14 bits per heavy atom. The van der Waals surface area contributed by atoms with Crippen molar-refractivity contribution in [2.75, 3.05) is 5.32 Å². The van der Waals surface area contributed by atoms with Gasteiger partial charge in [0.2, 0.25) is 5.13 Å². The molecule has 3 rings (SSSR count). The molecule has 0 unspecified atom stereocenters. The summed E-state index contributed by atoms with van der Waals surface area (Å²) in [5, 5.41) is 11.4. The van der Waals surface area contributed by atoms with Crippen molar-refractivity contribution >= 4 is 33.4 Å². The molecular weight excluding hydrogens is 294 g/mol. The van der Waals surface area contributed by atoms with E-state index in [4.69, 9.17) is 0 Å². The minimum atomic E-state index is -0.764. The lowest BCUT2D eigenvalue weighted by Gasteiger charge is -2.03. The Balaban J connectivity index is 1.96. The smallest absolute Gasteiger partial charge is 0.314 e. The number of aromatic nitrogens is 4. The number of benzene rings is 1. The highest BCUT2D eigenvalue weighted by molar-refractivity contribution is 7.15. The monoisotopic (exact) mass is 303 g/mol. The number of nitrogens with zero attached hydrogens (tertiary/aromatic N) is 2. The standard InChI is InChI=1S/C12H9N5O3S/c1-5-16-17-12(21-5)15-9(18)6-2-3-7-8(4-6)14-11(20)10(19)13-7/h2-4H,1H3,(H,13,19)(H,14,20)(H,15,17,18). The Morgan fingerprint density at radius 3 is 2.52 bits per heavy atom. The van der Waals surface area contributed by atoms with Crippen molar-refractivity contribution in [3.05, 3.63) is 49.5 Å². The number of carbonyl (C=O) groups excluding carboxylic acids is 1. The van der Waals surface area contributed by atoms with Gasteiger partial charge in [0.25, 0.3) is 5.91 Å². The van der Waals surface area contributed by atoms with Crippen LogP contribution in [0.15, 0.2) is 27.8 Å². The number of rotatable bonds is 2. The molecule has 2 heterocycles. The number of aromatic amines is 2. The number of hydrogen-bond donors (Lipinski definition) is 3. The molecule has 0 bridgehead atoms. The van der Waals surface area contributed by atoms with Gasteiger partial charge in [0, 0.05) is 5.56 Å². The van der Waals surface area contributed by atoms with Gasteiger partial charge >= 0.3 is 11.1 Å². The van der Waals surface area contributed by atoms with Crippen molar-refractivity contribution in [2.45, 2.75) is 6.92 Å². The summed E-state index contributed by atoms with van der Waals surface area (Å²) in [5.41, 5.74) is -0.342. The van der Waals surface area contributed by atoms with Crippen molar-refractivity contribution in [3.8, 4) is 0 Å². The van der Waals surface area contributed by atoms with Crippen LogP contribution in [0.3, 0.4) is 0 Å². The molecule has 3 N–H and O–H groups in total. The average molecular weight is 303 g/mol. The summed E-state index contributed by atoms with van der Waals surface area (Å²) in [7, 11) is 0. The van der Waals surface area contributed by atoms with Crippen molar-refractivity contribution < 1.29 is 4.79 Å². The largest absolute Gasteiger partial charge is 0.316 e. The normalized spacial score (nSPS) is 10.7. The van der Waals surface area contributed by atoms with E-state index in [0.29, 0.717) is 21.7 Å². The first-order valence-electron chi connectivity index (χ1n) is 5.91. The van der Waals surface area contributed by atoms with Crippen LogP contribution in [0.5, 0.6) is 0 Å². The third-order valence-corrected chi connectivity index (χ3v) is 3.49. The Kier molecular flexibility index (Phi) is 3.10. The number of carbonyl (C=O) groups is 1. The molecule has 2 aromatic heterocycles. The molecule has 0 aliphatic heterocycles. The quantitative estimate of drug-likeness (QED) is 0.600. The lowest BCUT2D eigenvalue weighted by atomic mass is 10.2. The first-order valence-corrected chi connectivity index (χ1v) is 6.72. The highest BCUT2D eigenvalue weighted by Gasteiger charge is 2.10. The summed E-state index contributed by atoms with van der Waals surface area (Å²) in [5.74, 6) is -0.375. The summed E-state index contributed by atoms with van der Waals surface area (Å²) in [6.07, 6.45) is 0. The number of aryl methyl sites for hydroxylation is 1. The number of amides is 1. The molecule has 0 aliphatic carbocycles. The lowest BCUT2D eigenvalue weighted by molar-refractivity contribution is 0.102. The fourth-order valence-corrected chi connectivity index (χ4v) is 2.36. The van der Waals surface area contributed by atoms with E-state index in [9.17, 15) is 14.4 Å². The van der Waals surface area contributed by atoms with Crippen LogP contribution < -0.4 is 16.4 Å². The van der Waals surface area contributed by atoms with Gasteiger partial charge in [-0.25, -0.2) is 0 Å². The molecule has 0 fully saturated rings. The van der Waals surface area contributed by atoms with Gasteiger partial charge in [-0.05, 0) is 25.1 Å². The van der Waals surface area contributed by atoms with E-state index < -0.39 is 11.1 Å². The number of anilines is 1. The Morgan fingerprint density at radius 2 is 1.86 bits per heavy atom. The van der Waals surface area contributed by atoms with Crippen molar-refractivity contribution in [1.82, 2.24) is 20.2 Å². The second kappa shape index (κ2) is 4.94. The van der Waals surface area contributed by atoms with Crippen LogP contribution in [0.1, 0.15) is 15.4 Å². The molecule has 0 aliphatic rings. The van der Waals surface area contributed by atoms with E-state index in [1.165, 1.54) is 17.4 Å². The number of hydrogen-bond acceptors (Lipinski definition) is 6. The molecule has 9 heteroatoms. The van der Waals surface area contributed by atoms with Crippen molar-refractivity contribution in [1.29, 1.82) is 0 Å². The van der Waals surface area contributed by atoms with Crippen molar-refractivity contribution in [3.63, 3.8) is 0 Å². The zero-order valence-corrected chi connectivity index (χ0v) is 11.6. The van der Waals surface area contributed by atoms with E-state index >= 15 is 0 Å². The number of nitrogens with one attached hydrogen (secondary N) is 3. The molecule has 0 saturated carbocycles. The van der Waals surface area contributed by atoms with Crippen LogP contribution >= 0.6 is 11.3 Å². The first-order chi connectivity index (χ1) is 10.0. The first kappa shape index (κ1) is 13.2. The predicted octanol–water partition coefficient (Wildman–Crippen LogP) is 0.629. The molecule has 106 valence electrons. The maximum absolute atomic E-state index is 12.1. The second-order valence-corrected chi connectivity index (χ2v) is 5.43. The predicted molar refractivity (Wildman–Crippen MR) is 77.8 cm³/mol. The van der Waals surface area contributed by atoms with E-state index in [1.807, 2.05) is 0 Å². The minimum absolute atomic E-state index is 0.332. The summed E-state index contributed by atoms with van der Waals surface area (Å²) >= 11 is 1.26. The van der Waals surface area contributed by atoms with Gasteiger partial charge in [-0.2, -0.15) is 0 Å². The zero-order chi connectivity index (χ0) is 15.0. The van der Waals surface area contributed by atoms with Gasteiger partial charge in [0.1, 0.15) is 5.01 Å². The van der Waals surface area contributed by atoms with Gasteiger partial charge in [-0.1, -0.05) is 11.3 Å². The van der Waals surface area contributed by atoms with Crippen LogP contribution in [0, 0.1) is 6.92 Å². The fourth-order valence-electron chi connectivity index (χ4n) is 1.77. The van der Waals surface area contributed by atoms with Gasteiger partial charge in [0.05, 0.1) is 11.0 Å². The van der Waals surface area contributed by atoms with E-state index in [2.05, 4.69) is 25.5 Å². The summed E-state index contributed by atoms with van der Waals surface area (Å²) < 4.78 is 0.